The number of carbonyl (C=O) groups is 1. The van der Waals surface area contributed by atoms with Gasteiger partial charge in [0.25, 0.3) is 0 Å². The monoisotopic (exact) mass is 309 g/mol. The summed E-state index contributed by atoms with van der Waals surface area (Å²) in [7, 11) is 3.45. The van der Waals surface area contributed by atoms with Crippen LogP contribution in [0.2, 0.25) is 0 Å². The predicted molar refractivity (Wildman–Crippen MR) is 75.2 cm³/mol. The van der Waals surface area contributed by atoms with Crippen LogP contribution in [0.4, 0.5) is 0 Å². The first-order chi connectivity index (χ1) is 8.63. The zero-order valence-corrected chi connectivity index (χ0v) is 12.2. The van der Waals surface area contributed by atoms with Crippen molar-refractivity contribution >= 4 is 27.5 Å². The Bertz CT molecular complexity index is 496. The minimum atomic E-state index is -0.229. The molecule has 4 heteroatoms. The highest BCUT2D eigenvalue weighted by Gasteiger charge is 2.24. The summed E-state index contributed by atoms with van der Waals surface area (Å²) in [6.45, 7) is 1.60. The van der Waals surface area contributed by atoms with E-state index in [2.05, 4.69) is 20.8 Å². The van der Waals surface area contributed by atoms with Gasteiger partial charge in [0, 0.05) is 17.6 Å². The summed E-state index contributed by atoms with van der Waals surface area (Å²) in [5.74, 6) is -0.229. The van der Waals surface area contributed by atoms with Gasteiger partial charge in [0.05, 0.1) is 12.7 Å². The molecule has 0 atom stereocenters. The lowest BCUT2D eigenvalue weighted by Gasteiger charge is -2.27. The molecule has 1 aromatic carbocycles. The van der Waals surface area contributed by atoms with Gasteiger partial charge in [-0.25, -0.2) is 4.79 Å². The number of methoxy groups -OCH3 is 1. The Morgan fingerprint density at radius 3 is 2.78 bits per heavy atom. The van der Waals surface area contributed by atoms with E-state index in [1.807, 2.05) is 31.3 Å². The zero-order chi connectivity index (χ0) is 13.1. The quantitative estimate of drug-likeness (QED) is 0.787. The first-order valence-corrected chi connectivity index (χ1v) is 6.66. The smallest absolute Gasteiger partial charge is 0.335 e. The van der Waals surface area contributed by atoms with Crippen LogP contribution in [-0.2, 0) is 9.53 Å². The molecule has 0 radical (unpaired) electrons. The summed E-state index contributed by atoms with van der Waals surface area (Å²) in [6.07, 6.45) is 0.865. The molecule has 18 heavy (non-hydrogen) atoms. The van der Waals surface area contributed by atoms with Crippen LogP contribution in [0.5, 0.6) is 0 Å². The van der Waals surface area contributed by atoms with Gasteiger partial charge >= 0.3 is 5.97 Å². The van der Waals surface area contributed by atoms with Gasteiger partial charge in [-0.2, -0.15) is 0 Å². The van der Waals surface area contributed by atoms with Crippen LogP contribution in [0, 0.1) is 0 Å². The molecule has 3 nitrogen and oxygen atoms in total. The number of nitrogens with zero attached hydrogens (tertiary/aromatic N) is 1. The average molecular weight is 310 g/mol. The van der Waals surface area contributed by atoms with Crippen LogP contribution in [-0.4, -0.2) is 38.1 Å². The molecule has 0 fully saturated rings. The highest BCUT2D eigenvalue weighted by atomic mass is 79.9. The van der Waals surface area contributed by atoms with E-state index >= 15 is 0 Å². The summed E-state index contributed by atoms with van der Waals surface area (Å²) in [5, 5.41) is 0. The number of hydrogen-bond donors (Lipinski definition) is 0. The van der Waals surface area contributed by atoms with Gasteiger partial charge in [-0.1, -0.05) is 34.1 Å². The maximum Gasteiger partial charge on any atom is 0.335 e. The SMILES string of the molecule is COC(=O)C1=C(c2ccccc2Br)CCN(C)C1. The fourth-order valence-corrected chi connectivity index (χ4v) is 2.74. The Morgan fingerprint density at radius 2 is 2.11 bits per heavy atom. The topological polar surface area (TPSA) is 29.5 Å². The molecule has 0 saturated carbocycles. The number of esters is 1. The third-order valence-corrected chi connectivity index (χ3v) is 3.86. The van der Waals surface area contributed by atoms with Crippen molar-refractivity contribution in [2.24, 2.45) is 0 Å². The third-order valence-electron chi connectivity index (χ3n) is 3.17. The van der Waals surface area contributed by atoms with E-state index in [-0.39, 0.29) is 5.97 Å². The molecule has 0 aromatic heterocycles. The second kappa shape index (κ2) is 5.67. The molecule has 2 rings (SSSR count). The Balaban J connectivity index is 2.50. The van der Waals surface area contributed by atoms with Crippen LogP contribution < -0.4 is 0 Å². The maximum atomic E-state index is 11.9. The number of carbonyl (C=O) groups excluding carboxylic acids is 1. The number of hydrogen-bond acceptors (Lipinski definition) is 3. The molecule has 0 saturated heterocycles. The summed E-state index contributed by atoms with van der Waals surface area (Å²) < 4.78 is 5.91. The Hall–Kier alpha value is -1.13. The van der Waals surface area contributed by atoms with Gasteiger partial charge in [-0.15, -0.1) is 0 Å². The summed E-state index contributed by atoms with van der Waals surface area (Å²) in [6, 6.07) is 7.99. The molecule has 1 heterocycles. The summed E-state index contributed by atoms with van der Waals surface area (Å²) in [5.41, 5.74) is 2.94. The number of benzene rings is 1. The molecule has 0 N–H and O–H groups in total. The zero-order valence-electron chi connectivity index (χ0n) is 10.6. The van der Waals surface area contributed by atoms with Gasteiger partial charge in [0.15, 0.2) is 0 Å². The predicted octanol–water partition coefficient (Wildman–Crippen LogP) is 2.71. The lowest BCUT2D eigenvalue weighted by Crippen LogP contribution is -2.31. The molecule has 1 aromatic rings. The highest BCUT2D eigenvalue weighted by Crippen LogP contribution is 2.32. The van der Waals surface area contributed by atoms with Crippen molar-refractivity contribution < 1.29 is 9.53 Å². The van der Waals surface area contributed by atoms with Crippen molar-refractivity contribution in [3.05, 3.63) is 39.9 Å². The molecular weight excluding hydrogens is 294 g/mol. The van der Waals surface area contributed by atoms with Crippen LogP contribution in [0.15, 0.2) is 34.3 Å². The van der Waals surface area contributed by atoms with Gasteiger partial charge in [-0.3, -0.25) is 0 Å². The summed E-state index contributed by atoms with van der Waals surface area (Å²) >= 11 is 3.55. The molecule has 0 spiro atoms. The first-order valence-electron chi connectivity index (χ1n) is 5.87. The summed E-state index contributed by atoms with van der Waals surface area (Å²) in [4.78, 5) is 14.0. The van der Waals surface area contributed by atoms with Crippen molar-refractivity contribution in [1.82, 2.24) is 4.90 Å². The van der Waals surface area contributed by atoms with Crippen molar-refractivity contribution in [1.29, 1.82) is 0 Å². The minimum Gasteiger partial charge on any atom is -0.466 e. The van der Waals surface area contributed by atoms with E-state index in [1.165, 1.54) is 7.11 Å². The van der Waals surface area contributed by atoms with Gasteiger partial charge < -0.3 is 9.64 Å². The maximum absolute atomic E-state index is 11.9. The van der Waals surface area contributed by atoms with E-state index < -0.39 is 0 Å². The second-order valence-electron chi connectivity index (χ2n) is 4.42. The van der Waals surface area contributed by atoms with Crippen molar-refractivity contribution in [2.45, 2.75) is 6.42 Å². The lowest BCUT2D eigenvalue weighted by molar-refractivity contribution is -0.136. The standard InChI is InChI=1S/C14H16BrNO2/c1-16-8-7-10(12(9-16)14(17)18-2)11-5-3-4-6-13(11)15/h3-6H,7-9H2,1-2H3. The molecule has 1 aliphatic heterocycles. The fraction of sp³-hybridized carbons (Fsp3) is 0.357. The van der Waals surface area contributed by atoms with Crippen LogP contribution >= 0.6 is 15.9 Å². The molecular formula is C14H16BrNO2. The van der Waals surface area contributed by atoms with Gasteiger partial charge in [0.2, 0.25) is 0 Å². The van der Waals surface area contributed by atoms with Crippen LogP contribution in [0.1, 0.15) is 12.0 Å². The lowest BCUT2D eigenvalue weighted by atomic mass is 9.93. The molecule has 96 valence electrons. The molecule has 0 unspecified atom stereocenters. The van der Waals surface area contributed by atoms with E-state index in [9.17, 15) is 4.79 Å². The van der Waals surface area contributed by atoms with Gasteiger partial charge in [0.1, 0.15) is 0 Å². The van der Waals surface area contributed by atoms with Crippen molar-refractivity contribution in [3.8, 4) is 0 Å². The number of likely N-dealkylation sites (N-methyl/N-ethyl adjacent to an activating group) is 1. The second-order valence-corrected chi connectivity index (χ2v) is 5.27. The van der Waals surface area contributed by atoms with E-state index in [0.29, 0.717) is 6.54 Å². The Kier molecular flexibility index (Phi) is 4.19. The Labute approximate surface area is 116 Å². The van der Waals surface area contributed by atoms with Crippen molar-refractivity contribution in [2.75, 3.05) is 27.2 Å². The van der Waals surface area contributed by atoms with Crippen LogP contribution in [0.3, 0.4) is 0 Å². The molecule has 0 amide bonds. The molecule has 1 aliphatic rings. The van der Waals surface area contributed by atoms with E-state index in [1.54, 1.807) is 0 Å². The molecule has 0 aliphatic carbocycles. The largest absolute Gasteiger partial charge is 0.466 e. The highest BCUT2D eigenvalue weighted by molar-refractivity contribution is 9.10. The van der Waals surface area contributed by atoms with E-state index in [0.717, 1.165) is 34.1 Å². The van der Waals surface area contributed by atoms with Crippen LogP contribution in [0.25, 0.3) is 5.57 Å². The van der Waals surface area contributed by atoms with Gasteiger partial charge in [-0.05, 0) is 30.7 Å². The fourth-order valence-electron chi connectivity index (χ4n) is 2.21. The minimum absolute atomic E-state index is 0.229. The number of rotatable bonds is 2. The molecule has 0 bridgehead atoms. The average Bonchev–Trinajstić information content (AvgIpc) is 2.39. The normalized spacial score (nSPS) is 16.8. The third kappa shape index (κ3) is 2.65. The number of ether oxygens (including phenoxy) is 1. The first kappa shape index (κ1) is 13.3. The van der Waals surface area contributed by atoms with E-state index in [4.69, 9.17) is 4.74 Å². The number of halogens is 1. The Morgan fingerprint density at radius 1 is 1.39 bits per heavy atom. The van der Waals surface area contributed by atoms with Crippen molar-refractivity contribution in [3.63, 3.8) is 0 Å².